The van der Waals surface area contributed by atoms with Gasteiger partial charge in [0.25, 0.3) is 5.91 Å². The third-order valence-corrected chi connectivity index (χ3v) is 4.37. The number of pyridine rings is 1. The van der Waals surface area contributed by atoms with Gasteiger partial charge < -0.3 is 11.1 Å². The summed E-state index contributed by atoms with van der Waals surface area (Å²) in [4.78, 5) is 16.4. The van der Waals surface area contributed by atoms with E-state index in [9.17, 15) is 4.79 Å². The number of aromatic nitrogens is 3. The van der Waals surface area contributed by atoms with Crippen molar-refractivity contribution in [2.45, 2.75) is 25.3 Å². The van der Waals surface area contributed by atoms with Crippen LogP contribution in [0.3, 0.4) is 0 Å². The van der Waals surface area contributed by atoms with Gasteiger partial charge in [0, 0.05) is 30.1 Å². The van der Waals surface area contributed by atoms with E-state index >= 15 is 0 Å². The van der Waals surface area contributed by atoms with Crippen molar-refractivity contribution in [2.24, 2.45) is 5.73 Å². The quantitative estimate of drug-likeness (QED) is 0.848. The first kappa shape index (κ1) is 12.5. The van der Waals surface area contributed by atoms with Gasteiger partial charge in [-0.2, -0.15) is 5.10 Å². The SMILES string of the molecule is NCCC1CNC(=O)c2c3c(nn21)-c1ccncc1CC3. The van der Waals surface area contributed by atoms with Crippen molar-refractivity contribution in [1.29, 1.82) is 0 Å². The normalized spacial score (nSPS) is 19.5. The predicted molar refractivity (Wildman–Crippen MR) is 77.9 cm³/mol. The van der Waals surface area contributed by atoms with Gasteiger partial charge in [-0.15, -0.1) is 0 Å². The number of nitrogens with one attached hydrogen (secondary N) is 1. The highest BCUT2D eigenvalue weighted by atomic mass is 16.2. The Bertz CT molecular complexity index is 721. The van der Waals surface area contributed by atoms with Gasteiger partial charge in [0.2, 0.25) is 0 Å². The van der Waals surface area contributed by atoms with Crippen LogP contribution in [0.25, 0.3) is 11.3 Å². The zero-order valence-corrected chi connectivity index (χ0v) is 11.7. The molecule has 0 fully saturated rings. The fourth-order valence-electron chi connectivity index (χ4n) is 3.34. The number of hydrogen-bond donors (Lipinski definition) is 2. The molecular weight excluding hydrogens is 266 g/mol. The van der Waals surface area contributed by atoms with Gasteiger partial charge in [0.05, 0.1) is 11.7 Å². The number of nitrogens with zero attached hydrogens (tertiary/aromatic N) is 3. The molecule has 1 atom stereocenters. The maximum absolute atomic E-state index is 12.3. The lowest BCUT2D eigenvalue weighted by molar-refractivity contribution is 0.0906. The summed E-state index contributed by atoms with van der Waals surface area (Å²) in [7, 11) is 0. The minimum absolute atomic E-state index is 0.0190. The monoisotopic (exact) mass is 283 g/mol. The van der Waals surface area contributed by atoms with Crippen LogP contribution in [0.15, 0.2) is 18.5 Å². The molecule has 0 bridgehead atoms. The van der Waals surface area contributed by atoms with Crippen LogP contribution in [-0.4, -0.2) is 33.8 Å². The molecule has 3 heterocycles. The molecule has 1 aliphatic carbocycles. The molecule has 0 saturated heterocycles. The maximum Gasteiger partial charge on any atom is 0.269 e. The third kappa shape index (κ3) is 1.79. The molecule has 3 N–H and O–H groups in total. The van der Waals surface area contributed by atoms with Crippen LogP contribution in [0.1, 0.15) is 34.1 Å². The summed E-state index contributed by atoms with van der Waals surface area (Å²) in [6, 6.07) is 2.14. The van der Waals surface area contributed by atoms with Crippen molar-refractivity contribution in [1.82, 2.24) is 20.1 Å². The minimum atomic E-state index is -0.0190. The van der Waals surface area contributed by atoms with E-state index in [0.29, 0.717) is 13.1 Å². The zero-order valence-electron chi connectivity index (χ0n) is 11.7. The first-order valence-electron chi connectivity index (χ1n) is 7.32. The average Bonchev–Trinajstić information content (AvgIpc) is 2.91. The van der Waals surface area contributed by atoms with Crippen molar-refractivity contribution in [2.75, 3.05) is 13.1 Å². The standard InChI is InChI=1S/C15H17N5O/c16-5-3-10-8-18-15(21)14-12-2-1-9-7-17-6-4-11(9)13(12)19-20(10)14/h4,6-7,10H,1-3,5,8,16H2,(H,18,21). The number of amides is 1. The molecule has 2 aromatic heterocycles. The molecule has 0 radical (unpaired) electrons. The molecule has 2 aromatic rings. The Labute approximate surface area is 122 Å². The summed E-state index contributed by atoms with van der Waals surface area (Å²) in [5.41, 5.74) is 10.7. The highest BCUT2D eigenvalue weighted by Gasteiger charge is 2.33. The largest absolute Gasteiger partial charge is 0.349 e. The Morgan fingerprint density at radius 3 is 3.19 bits per heavy atom. The number of carbonyl (C=O) groups is 1. The fraction of sp³-hybridized carbons (Fsp3) is 0.400. The molecule has 6 nitrogen and oxygen atoms in total. The number of carbonyl (C=O) groups excluding carboxylic acids is 1. The Balaban J connectivity index is 1.91. The summed E-state index contributed by atoms with van der Waals surface area (Å²) >= 11 is 0. The van der Waals surface area contributed by atoms with E-state index in [-0.39, 0.29) is 11.9 Å². The van der Waals surface area contributed by atoms with Gasteiger partial charge in [0.15, 0.2) is 0 Å². The molecule has 0 spiro atoms. The van der Waals surface area contributed by atoms with Crippen LogP contribution in [0.2, 0.25) is 0 Å². The van der Waals surface area contributed by atoms with Gasteiger partial charge in [-0.25, -0.2) is 0 Å². The number of nitrogens with two attached hydrogens (primary N) is 1. The van der Waals surface area contributed by atoms with Crippen molar-refractivity contribution >= 4 is 5.91 Å². The van der Waals surface area contributed by atoms with E-state index in [1.54, 1.807) is 6.20 Å². The number of fused-ring (bicyclic) bond motifs is 5. The van der Waals surface area contributed by atoms with E-state index in [2.05, 4.69) is 10.3 Å². The summed E-state index contributed by atoms with van der Waals surface area (Å²) in [5, 5.41) is 7.72. The van der Waals surface area contributed by atoms with Crippen LogP contribution in [0.4, 0.5) is 0 Å². The third-order valence-electron chi connectivity index (χ3n) is 4.37. The lowest BCUT2D eigenvalue weighted by Gasteiger charge is -2.25. The van der Waals surface area contributed by atoms with Gasteiger partial charge in [0.1, 0.15) is 5.69 Å². The first-order chi connectivity index (χ1) is 10.3. The molecule has 1 amide bonds. The fourth-order valence-corrected chi connectivity index (χ4v) is 3.34. The Kier molecular flexibility index (Phi) is 2.78. The highest BCUT2D eigenvalue weighted by Crippen LogP contribution is 2.36. The topological polar surface area (TPSA) is 85.8 Å². The lowest BCUT2D eigenvalue weighted by Crippen LogP contribution is -2.40. The first-order valence-corrected chi connectivity index (χ1v) is 7.32. The summed E-state index contributed by atoms with van der Waals surface area (Å²) < 4.78 is 1.89. The molecule has 21 heavy (non-hydrogen) atoms. The molecule has 0 aromatic carbocycles. The minimum Gasteiger partial charge on any atom is -0.349 e. The number of hydrogen-bond acceptors (Lipinski definition) is 4. The van der Waals surface area contributed by atoms with E-state index in [0.717, 1.165) is 41.8 Å². The zero-order chi connectivity index (χ0) is 14.4. The van der Waals surface area contributed by atoms with Crippen molar-refractivity contribution < 1.29 is 4.79 Å². The highest BCUT2D eigenvalue weighted by molar-refractivity contribution is 5.97. The summed E-state index contributed by atoms with van der Waals surface area (Å²) in [6.07, 6.45) is 6.24. The van der Waals surface area contributed by atoms with Crippen molar-refractivity contribution in [3.8, 4) is 11.3 Å². The van der Waals surface area contributed by atoms with Gasteiger partial charge in [-0.3, -0.25) is 14.5 Å². The second-order valence-electron chi connectivity index (χ2n) is 5.59. The smallest absolute Gasteiger partial charge is 0.269 e. The summed E-state index contributed by atoms with van der Waals surface area (Å²) in [6.45, 7) is 1.19. The maximum atomic E-state index is 12.3. The van der Waals surface area contributed by atoms with Crippen LogP contribution in [-0.2, 0) is 12.8 Å². The van der Waals surface area contributed by atoms with Crippen LogP contribution in [0, 0.1) is 0 Å². The molecular formula is C15H17N5O. The molecule has 6 heteroatoms. The number of rotatable bonds is 2. The van der Waals surface area contributed by atoms with E-state index < -0.39 is 0 Å². The molecule has 4 rings (SSSR count). The Hall–Kier alpha value is -2.21. The van der Waals surface area contributed by atoms with Gasteiger partial charge in [-0.1, -0.05) is 0 Å². The van der Waals surface area contributed by atoms with E-state index in [1.165, 1.54) is 5.56 Å². The second kappa shape index (κ2) is 4.66. The Morgan fingerprint density at radius 1 is 1.43 bits per heavy atom. The molecule has 108 valence electrons. The van der Waals surface area contributed by atoms with E-state index in [1.807, 2.05) is 16.9 Å². The Morgan fingerprint density at radius 2 is 2.33 bits per heavy atom. The van der Waals surface area contributed by atoms with Gasteiger partial charge >= 0.3 is 0 Å². The van der Waals surface area contributed by atoms with Crippen molar-refractivity contribution in [3.05, 3.63) is 35.3 Å². The molecule has 1 aliphatic heterocycles. The van der Waals surface area contributed by atoms with Crippen LogP contribution >= 0.6 is 0 Å². The molecule has 2 aliphatic rings. The number of aryl methyl sites for hydroxylation is 1. The summed E-state index contributed by atoms with van der Waals surface area (Å²) in [5.74, 6) is -0.0190. The predicted octanol–water partition coefficient (Wildman–Crippen LogP) is 0.677. The van der Waals surface area contributed by atoms with Crippen LogP contribution in [0.5, 0.6) is 0 Å². The lowest BCUT2D eigenvalue weighted by atomic mass is 9.90. The van der Waals surface area contributed by atoms with E-state index in [4.69, 9.17) is 10.8 Å². The van der Waals surface area contributed by atoms with Gasteiger partial charge in [-0.05, 0) is 37.4 Å². The van der Waals surface area contributed by atoms with Crippen LogP contribution < -0.4 is 11.1 Å². The second-order valence-corrected chi connectivity index (χ2v) is 5.59. The molecule has 1 unspecified atom stereocenters. The average molecular weight is 283 g/mol. The van der Waals surface area contributed by atoms with Crippen molar-refractivity contribution in [3.63, 3.8) is 0 Å². The molecule has 0 saturated carbocycles.